The van der Waals surface area contributed by atoms with Gasteiger partial charge in [0.05, 0.1) is 4.99 Å². The van der Waals surface area contributed by atoms with Crippen molar-refractivity contribution in [3.05, 3.63) is 35.9 Å². The van der Waals surface area contributed by atoms with E-state index < -0.39 is 5.92 Å². The van der Waals surface area contributed by atoms with Crippen molar-refractivity contribution >= 4 is 23.1 Å². The van der Waals surface area contributed by atoms with Crippen LogP contribution < -0.4 is 11.1 Å². The molecule has 0 aliphatic heterocycles. The Labute approximate surface area is 126 Å². The van der Waals surface area contributed by atoms with Crippen molar-refractivity contribution < 1.29 is 4.79 Å². The van der Waals surface area contributed by atoms with Crippen LogP contribution >= 0.6 is 12.2 Å². The molecule has 0 saturated heterocycles. The molecule has 1 amide bonds. The maximum absolute atomic E-state index is 12.6. The highest BCUT2D eigenvalue weighted by Gasteiger charge is 2.31. The lowest BCUT2D eigenvalue weighted by atomic mass is 9.88. The van der Waals surface area contributed by atoms with E-state index in [9.17, 15) is 4.79 Å². The van der Waals surface area contributed by atoms with Crippen LogP contribution in [0.15, 0.2) is 30.3 Å². The Morgan fingerprint density at radius 1 is 1.20 bits per heavy atom. The number of rotatable bonds is 7. The van der Waals surface area contributed by atoms with Gasteiger partial charge in [0.25, 0.3) is 0 Å². The normalized spacial score (nSPS) is 12.8. The van der Waals surface area contributed by atoms with Gasteiger partial charge in [-0.15, -0.1) is 0 Å². The number of hydrogen-bond donors (Lipinski definition) is 2. The van der Waals surface area contributed by atoms with Crippen LogP contribution in [0, 0.1) is 0 Å². The third-order valence-corrected chi connectivity index (χ3v) is 4.33. The number of carbonyl (C=O) groups excluding carboxylic acids is 1. The summed E-state index contributed by atoms with van der Waals surface area (Å²) in [4.78, 5) is 12.8. The van der Waals surface area contributed by atoms with Gasteiger partial charge in [0.2, 0.25) is 5.91 Å². The molecule has 0 fully saturated rings. The molecule has 1 atom stereocenters. The minimum Gasteiger partial charge on any atom is -0.392 e. The molecule has 0 saturated carbocycles. The summed E-state index contributed by atoms with van der Waals surface area (Å²) < 4.78 is 0. The largest absolute Gasteiger partial charge is 0.392 e. The predicted molar refractivity (Wildman–Crippen MR) is 87.7 cm³/mol. The molecule has 0 bridgehead atoms. The summed E-state index contributed by atoms with van der Waals surface area (Å²) in [5.41, 5.74) is 6.45. The van der Waals surface area contributed by atoms with Crippen molar-refractivity contribution in [1.82, 2.24) is 5.32 Å². The monoisotopic (exact) mass is 292 g/mol. The zero-order valence-corrected chi connectivity index (χ0v) is 13.3. The van der Waals surface area contributed by atoms with Gasteiger partial charge in [-0.3, -0.25) is 4.79 Å². The van der Waals surface area contributed by atoms with E-state index in [4.69, 9.17) is 18.0 Å². The smallest absolute Gasteiger partial charge is 0.234 e. The maximum atomic E-state index is 12.6. The van der Waals surface area contributed by atoms with E-state index in [1.165, 1.54) is 0 Å². The van der Waals surface area contributed by atoms with Crippen molar-refractivity contribution in [2.45, 2.75) is 51.5 Å². The van der Waals surface area contributed by atoms with Crippen molar-refractivity contribution in [2.75, 3.05) is 0 Å². The lowest BCUT2D eigenvalue weighted by molar-refractivity contribution is -0.123. The zero-order valence-electron chi connectivity index (χ0n) is 12.5. The summed E-state index contributed by atoms with van der Waals surface area (Å²) in [6.45, 7) is 6.27. The molecule has 1 aromatic carbocycles. The average molecular weight is 292 g/mol. The van der Waals surface area contributed by atoms with Gasteiger partial charge in [-0.25, -0.2) is 0 Å². The Bertz CT molecular complexity index is 447. The minimum atomic E-state index is -0.560. The fourth-order valence-electron chi connectivity index (χ4n) is 2.44. The van der Waals surface area contributed by atoms with Gasteiger partial charge in [0, 0.05) is 5.54 Å². The maximum Gasteiger partial charge on any atom is 0.234 e. The van der Waals surface area contributed by atoms with Gasteiger partial charge in [-0.05, 0) is 24.8 Å². The van der Waals surface area contributed by atoms with Crippen LogP contribution in [-0.2, 0) is 4.79 Å². The summed E-state index contributed by atoms with van der Waals surface area (Å²) in [7, 11) is 0. The molecule has 1 aromatic rings. The van der Waals surface area contributed by atoms with Crippen LogP contribution in [0.3, 0.4) is 0 Å². The average Bonchev–Trinajstić information content (AvgIpc) is 2.46. The van der Waals surface area contributed by atoms with Gasteiger partial charge < -0.3 is 11.1 Å². The standard InChI is InChI=1S/C16H24N2OS/c1-4-16(5-2,6-3)18-15(19)13(14(17)20)12-10-8-7-9-11-12/h7-11,13H,4-6H2,1-3H3,(H2,17,20)(H,18,19). The van der Waals surface area contributed by atoms with Crippen molar-refractivity contribution in [1.29, 1.82) is 0 Å². The lowest BCUT2D eigenvalue weighted by Gasteiger charge is -2.33. The second kappa shape index (κ2) is 7.39. The number of hydrogen-bond acceptors (Lipinski definition) is 2. The van der Waals surface area contributed by atoms with Crippen LogP contribution in [0.1, 0.15) is 51.5 Å². The second-order valence-electron chi connectivity index (χ2n) is 5.08. The molecule has 0 heterocycles. The first kappa shape index (κ1) is 16.6. The van der Waals surface area contributed by atoms with E-state index in [-0.39, 0.29) is 16.4 Å². The van der Waals surface area contributed by atoms with E-state index >= 15 is 0 Å². The van der Waals surface area contributed by atoms with E-state index in [2.05, 4.69) is 26.1 Å². The van der Waals surface area contributed by atoms with Gasteiger partial charge in [-0.2, -0.15) is 0 Å². The Morgan fingerprint density at radius 3 is 2.10 bits per heavy atom. The van der Waals surface area contributed by atoms with Gasteiger partial charge in [-0.1, -0.05) is 63.3 Å². The number of nitrogens with two attached hydrogens (primary N) is 1. The minimum absolute atomic E-state index is 0.103. The van der Waals surface area contributed by atoms with Crippen molar-refractivity contribution in [2.24, 2.45) is 5.73 Å². The van der Waals surface area contributed by atoms with E-state index in [0.29, 0.717) is 0 Å². The molecular formula is C16H24N2OS. The number of carbonyl (C=O) groups is 1. The summed E-state index contributed by atoms with van der Waals surface area (Å²) in [6, 6.07) is 9.46. The SMILES string of the molecule is CCC(CC)(CC)NC(=O)C(C(N)=S)c1ccccc1. The molecule has 1 rings (SSSR count). The van der Waals surface area contributed by atoms with Crippen LogP contribution in [0.2, 0.25) is 0 Å². The number of nitrogens with one attached hydrogen (secondary N) is 1. The summed E-state index contributed by atoms with van der Waals surface area (Å²) in [6.07, 6.45) is 2.68. The highest BCUT2D eigenvalue weighted by atomic mass is 32.1. The Hall–Kier alpha value is -1.42. The molecule has 0 aliphatic rings. The fraction of sp³-hybridized carbons (Fsp3) is 0.500. The Morgan fingerprint density at radius 2 is 1.70 bits per heavy atom. The first-order valence-corrected chi connectivity index (χ1v) is 7.56. The summed E-state index contributed by atoms with van der Waals surface area (Å²) in [5.74, 6) is -0.663. The van der Waals surface area contributed by atoms with Crippen LogP contribution in [0.5, 0.6) is 0 Å². The van der Waals surface area contributed by atoms with Crippen LogP contribution in [0.25, 0.3) is 0 Å². The molecule has 20 heavy (non-hydrogen) atoms. The number of thiocarbonyl (C=S) groups is 1. The van der Waals surface area contributed by atoms with Crippen LogP contribution in [-0.4, -0.2) is 16.4 Å². The van der Waals surface area contributed by atoms with E-state index in [1.807, 2.05) is 30.3 Å². The first-order chi connectivity index (χ1) is 9.49. The molecule has 0 spiro atoms. The molecule has 3 N–H and O–H groups in total. The topological polar surface area (TPSA) is 55.1 Å². The lowest BCUT2D eigenvalue weighted by Crippen LogP contribution is -2.50. The van der Waals surface area contributed by atoms with Gasteiger partial charge in [0.15, 0.2) is 0 Å². The highest BCUT2D eigenvalue weighted by Crippen LogP contribution is 2.23. The number of amides is 1. The predicted octanol–water partition coefficient (Wildman–Crippen LogP) is 3.14. The molecular weight excluding hydrogens is 268 g/mol. The van der Waals surface area contributed by atoms with Crippen molar-refractivity contribution in [3.63, 3.8) is 0 Å². The molecule has 0 radical (unpaired) electrons. The van der Waals surface area contributed by atoms with Gasteiger partial charge in [0.1, 0.15) is 5.92 Å². The Kier molecular flexibility index (Phi) is 6.14. The molecule has 1 unspecified atom stereocenters. The third-order valence-electron chi connectivity index (χ3n) is 4.10. The second-order valence-corrected chi connectivity index (χ2v) is 5.55. The third kappa shape index (κ3) is 3.79. The summed E-state index contributed by atoms with van der Waals surface area (Å²) >= 11 is 5.09. The highest BCUT2D eigenvalue weighted by molar-refractivity contribution is 7.80. The fourth-order valence-corrected chi connectivity index (χ4v) is 2.68. The molecule has 4 heteroatoms. The van der Waals surface area contributed by atoms with E-state index in [0.717, 1.165) is 24.8 Å². The number of benzene rings is 1. The molecule has 3 nitrogen and oxygen atoms in total. The first-order valence-electron chi connectivity index (χ1n) is 7.16. The molecule has 0 aromatic heterocycles. The molecule has 110 valence electrons. The Balaban J connectivity index is 3.00. The zero-order chi connectivity index (χ0) is 15.2. The van der Waals surface area contributed by atoms with E-state index in [1.54, 1.807) is 0 Å². The molecule has 0 aliphatic carbocycles. The summed E-state index contributed by atoms with van der Waals surface area (Å²) in [5, 5.41) is 3.15. The van der Waals surface area contributed by atoms with Crippen molar-refractivity contribution in [3.8, 4) is 0 Å². The quantitative estimate of drug-likeness (QED) is 0.759. The van der Waals surface area contributed by atoms with Crippen LogP contribution in [0.4, 0.5) is 0 Å². The van der Waals surface area contributed by atoms with Gasteiger partial charge >= 0.3 is 0 Å².